The lowest BCUT2D eigenvalue weighted by molar-refractivity contribution is -0.133. The lowest BCUT2D eigenvalue weighted by Crippen LogP contribution is -2.45. The number of halogens is 1. The molecule has 0 saturated carbocycles. The highest BCUT2D eigenvalue weighted by molar-refractivity contribution is 6.31. The largest absolute Gasteiger partial charge is 0.345 e. The molecule has 1 aromatic heterocycles. The normalized spacial score (nSPS) is 11.0. The predicted molar refractivity (Wildman–Crippen MR) is 157 cm³/mol. The fourth-order valence-electron chi connectivity index (χ4n) is 4.46. The Morgan fingerprint density at radius 1 is 0.947 bits per heavy atom. The number of rotatable bonds is 13. The number of aromatic nitrogens is 1. The summed E-state index contributed by atoms with van der Waals surface area (Å²) in [5.41, 5.74) is 3.93. The van der Waals surface area contributed by atoms with E-state index in [1.165, 1.54) is 0 Å². The molecule has 0 aliphatic carbocycles. The lowest BCUT2D eigenvalue weighted by atomic mass is 10.1. The van der Waals surface area contributed by atoms with E-state index in [4.69, 9.17) is 11.6 Å². The second-order valence-electron chi connectivity index (χ2n) is 10.1. The molecule has 3 amide bonds. The van der Waals surface area contributed by atoms with Gasteiger partial charge in [-0.25, -0.2) is 4.79 Å². The minimum Gasteiger partial charge on any atom is -0.345 e. The number of benzene rings is 2. The van der Waals surface area contributed by atoms with Gasteiger partial charge in [-0.2, -0.15) is 0 Å². The van der Waals surface area contributed by atoms with Crippen LogP contribution in [0.4, 0.5) is 10.5 Å². The number of anilines is 1. The van der Waals surface area contributed by atoms with Crippen molar-refractivity contribution in [3.63, 3.8) is 0 Å². The molecule has 0 aliphatic rings. The monoisotopic (exact) mass is 536 g/mol. The third kappa shape index (κ3) is 8.38. The Morgan fingerprint density at radius 3 is 2.34 bits per heavy atom. The van der Waals surface area contributed by atoms with Crippen molar-refractivity contribution in [1.29, 1.82) is 0 Å². The van der Waals surface area contributed by atoms with E-state index >= 15 is 0 Å². The van der Waals surface area contributed by atoms with E-state index in [0.29, 0.717) is 32.1 Å². The molecule has 204 valence electrons. The second kappa shape index (κ2) is 14.6. The molecule has 0 unspecified atom stereocenters. The van der Waals surface area contributed by atoms with Gasteiger partial charge in [-0.1, -0.05) is 82.1 Å². The molecule has 0 aliphatic heterocycles. The van der Waals surface area contributed by atoms with Crippen molar-refractivity contribution in [2.45, 2.75) is 60.0 Å². The van der Waals surface area contributed by atoms with Crippen molar-refractivity contribution < 1.29 is 9.59 Å². The standard InChI is InChI=1S/C31H41ClN4O2/c1-5-7-18-35(31(38)33-29-17-11-9-13-25(29)6-2)23-30(37)36(20-24(3)4)22-27-15-12-19-34(27)21-26-14-8-10-16-28(26)32/h8-17,19,24H,5-7,18,20-23H2,1-4H3,(H,33,38). The van der Waals surface area contributed by atoms with Crippen LogP contribution < -0.4 is 5.32 Å². The molecule has 0 atom stereocenters. The number of aryl methyl sites for hydroxylation is 1. The molecule has 0 fully saturated rings. The van der Waals surface area contributed by atoms with Gasteiger partial charge in [-0.15, -0.1) is 0 Å². The maximum atomic E-state index is 13.7. The molecule has 6 nitrogen and oxygen atoms in total. The molecule has 3 aromatic rings. The Kier molecular flexibility index (Phi) is 11.3. The van der Waals surface area contributed by atoms with Crippen molar-refractivity contribution in [2.24, 2.45) is 5.92 Å². The number of hydrogen-bond acceptors (Lipinski definition) is 2. The van der Waals surface area contributed by atoms with Crippen LogP contribution in [0.25, 0.3) is 0 Å². The first-order valence-electron chi connectivity index (χ1n) is 13.6. The van der Waals surface area contributed by atoms with E-state index in [-0.39, 0.29) is 18.5 Å². The number of nitrogens with one attached hydrogen (secondary N) is 1. The van der Waals surface area contributed by atoms with Gasteiger partial charge >= 0.3 is 6.03 Å². The number of amides is 3. The maximum absolute atomic E-state index is 13.7. The van der Waals surface area contributed by atoms with E-state index in [1.54, 1.807) is 4.90 Å². The zero-order valence-electron chi connectivity index (χ0n) is 23.1. The van der Waals surface area contributed by atoms with Crippen molar-refractivity contribution in [3.05, 3.63) is 88.7 Å². The van der Waals surface area contributed by atoms with Crippen LogP contribution in [0.2, 0.25) is 5.02 Å². The molecule has 3 rings (SSSR count). The first-order chi connectivity index (χ1) is 18.3. The number of carbonyl (C=O) groups excluding carboxylic acids is 2. The smallest absolute Gasteiger partial charge is 0.322 e. The summed E-state index contributed by atoms with van der Waals surface area (Å²) in [5, 5.41) is 3.77. The van der Waals surface area contributed by atoms with Gasteiger partial charge in [-0.3, -0.25) is 4.79 Å². The Hall–Kier alpha value is -3.25. The summed E-state index contributed by atoms with van der Waals surface area (Å²) in [6.45, 7) is 10.6. The molecule has 2 aromatic carbocycles. The molecular weight excluding hydrogens is 496 g/mol. The van der Waals surface area contributed by atoms with Crippen LogP contribution in [-0.4, -0.2) is 45.9 Å². The highest BCUT2D eigenvalue weighted by Gasteiger charge is 2.23. The number of nitrogens with zero attached hydrogens (tertiary/aromatic N) is 3. The molecule has 0 saturated heterocycles. The summed E-state index contributed by atoms with van der Waals surface area (Å²) in [7, 11) is 0. The number of para-hydroxylation sites is 1. The summed E-state index contributed by atoms with van der Waals surface area (Å²) < 4.78 is 2.13. The Morgan fingerprint density at radius 2 is 1.66 bits per heavy atom. The molecule has 0 radical (unpaired) electrons. The third-order valence-corrected chi connectivity index (χ3v) is 6.92. The van der Waals surface area contributed by atoms with Gasteiger partial charge < -0.3 is 19.7 Å². The van der Waals surface area contributed by atoms with E-state index in [0.717, 1.165) is 46.8 Å². The van der Waals surface area contributed by atoms with Crippen molar-refractivity contribution in [2.75, 3.05) is 25.0 Å². The molecule has 1 N–H and O–H groups in total. The van der Waals surface area contributed by atoms with Crippen molar-refractivity contribution >= 4 is 29.2 Å². The van der Waals surface area contributed by atoms with E-state index in [9.17, 15) is 9.59 Å². The Labute approximate surface area is 232 Å². The van der Waals surface area contributed by atoms with E-state index in [2.05, 4.69) is 37.6 Å². The van der Waals surface area contributed by atoms with Gasteiger partial charge in [0.15, 0.2) is 0 Å². The number of unbranched alkanes of at least 4 members (excludes halogenated alkanes) is 1. The maximum Gasteiger partial charge on any atom is 0.322 e. The summed E-state index contributed by atoms with van der Waals surface area (Å²) in [4.78, 5) is 30.5. The van der Waals surface area contributed by atoms with Gasteiger partial charge in [0.25, 0.3) is 0 Å². The minimum absolute atomic E-state index is 0.0397. The van der Waals surface area contributed by atoms with Crippen LogP contribution >= 0.6 is 11.6 Å². The van der Waals surface area contributed by atoms with Crippen LogP contribution in [0.15, 0.2) is 66.9 Å². The Bertz CT molecular complexity index is 1190. The Balaban J connectivity index is 1.76. The van der Waals surface area contributed by atoms with Gasteiger partial charge in [0.1, 0.15) is 6.54 Å². The van der Waals surface area contributed by atoms with Crippen LogP contribution in [0.5, 0.6) is 0 Å². The highest BCUT2D eigenvalue weighted by atomic mass is 35.5. The van der Waals surface area contributed by atoms with Gasteiger partial charge in [0.05, 0.1) is 6.54 Å². The van der Waals surface area contributed by atoms with Crippen LogP contribution in [0.1, 0.15) is 57.4 Å². The molecule has 0 bridgehead atoms. The SMILES string of the molecule is CCCCN(CC(=O)N(Cc1cccn1Cc1ccccc1Cl)CC(C)C)C(=O)Nc1ccccc1CC. The van der Waals surface area contributed by atoms with Crippen molar-refractivity contribution in [3.8, 4) is 0 Å². The first-order valence-corrected chi connectivity index (χ1v) is 14.0. The van der Waals surface area contributed by atoms with Gasteiger partial charge in [0.2, 0.25) is 5.91 Å². The second-order valence-corrected chi connectivity index (χ2v) is 10.5. The summed E-state index contributed by atoms with van der Waals surface area (Å²) in [6, 6.07) is 19.4. The molecule has 0 spiro atoms. The number of hydrogen-bond donors (Lipinski definition) is 1. The number of urea groups is 1. The van der Waals surface area contributed by atoms with Crippen LogP contribution in [-0.2, 0) is 24.3 Å². The summed E-state index contributed by atoms with van der Waals surface area (Å²) in [5.74, 6) is 0.236. The molecule has 38 heavy (non-hydrogen) atoms. The van der Waals surface area contributed by atoms with Gasteiger partial charge in [0, 0.05) is 42.2 Å². The topological polar surface area (TPSA) is 57.6 Å². The lowest BCUT2D eigenvalue weighted by Gasteiger charge is -2.29. The minimum atomic E-state index is -0.237. The molecule has 7 heteroatoms. The summed E-state index contributed by atoms with van der Waals surface area (Å²) >= 11 is 6.40. The zero-order valence-corrected chi connectivity index (χ0v) is 23.9. The van der Waals surface area contributed by atoms with E-state index in [1.807, 2.05) is 71.8 Å². The van der Waals surface area contributed by atoms with Crippen LogP contribution in [0, 0.1) is 5.92 Å². The summed E-state index contributed by atoms with van der Waals surface area (Å²) in [6.07, 6.45) is 4.61. The fraction of sp³-hybridized carbons (Fsp3) is 0.419. The first kappa shape index (κ1) is 29.3. The highest BCUT2D eigenvalue weighted by Crippen LogP contribution is 2.19. The number of carbonyl (C=O) groups is 2. The zero-order chi connectivity index (χ0) is 27.5. The van der Waals surface area contributed by atoms with Gasteiger partial charge in [-0.05, 0) is 54.2 Å². The third-order valence-electron chi connectivity index (χ3n) is 6.55. The molecule has 1 heterocycles. The molecular formula is C31H41ClN4O2. The van der Waals surface area contributed by atoms with Crippen LogP contribution in [0.3, 0.4) is 0 Å². The van der Waals surface area contributed by atoms with Crippen molar-refractivity contribution in [1.82, 2.24) is 14.4 Å². The predicted octanol–water partition coefficient (Wildman–Crippen LogP) is 7.07. The fourth-order valence-corrected chi connectivity index (χ4v) is 4.65. The average molecular weight is 537 g/mol. The average Bonchev–Trinajstić information content (AvgIpc) is 3.33. The van der Waals surface area contributed by atoms with E-state index < -0.39 is 0 Å². The quantitative estimate of drug-likeness (QED) is 0.254.